The second kappa shape index (κ2) is 4.95. The third-order valence-corrected chi connectivity index (χ3v) is 3.42. The summed E-state index contributed by atoms with van der Waals surface area (Å²) in [6.07, 6.45) is 5.22. The number of hydrogen-bond acceptors (Lipinski definition) is 2. The summed E-state index contributed by atoms with van der Waals surface area (Å²) in [4.78, 5) is 4.50. The predicted molar refractivity (Wildman–Crippen MR) is 63.2 cm³/mol. The van der Waals surface area contributed by atoms with Crippen LogP contribution in [0, 0.1) is 0 Å². The average Bonchev–Trinajstić information content (AvgIpc) is 2.74. The van der Waals surface area contributed by atoms with Gasteiger partial charge in [-0.2, -0.15) is 0 Å². The minimum atomic E-state index is 0.645. The lowest BCUT2D eigenvalue weighted by molar-refractivity contribution is 0.694. The van der Waals surface area contributed by atoms with Gasteiger partial charge in [0.1, 0.15) is 5.15 Å². The van der Waals surface area contributed by atoms with Gasteiger partial charge in [0.05, 0.1) is 0 Å². The van der Waals surface area contributed by atoms with Crippen molar-refractivity contribution in [3.8, 4) is 0 Å². The van der Waals surface area contributed by atoms with E-state index in [2.05, 4.69) is 22.4 Å². The predicted octanol–water partition coefficient (Wildman–Crippen LogP) is 3.11. The van der Waals surface area contributed by atoms with Gasteiger partial charge in [-0.1, -0.05) is 30.5 Å². The van der Waals surface area contributed by atoms with Crippen LogP contribution in [0.1, 0.15) is 42.9 Å². The highest BCUT2D eigenvalue weighted by Crippen LogP contribution is 2.33. The number of rotatable bonds is 3. The Morgan fingerprint density at radius 3 is 2.73 bits per heavy atom. The van der Waals surface area contributed by atoms with Crippen molar-refractivity contribution in [2.45, 2.75) is 38.1 Å². The number of hydrogen-bond donors (Lipinski definition) is 1. The van der Waals surface area contributed by atoms with E-state index in [9.17, 15) is 0 Å². The van der Waals surface area contributed by atoms with E-state index < -0.39 is 0 Å². The molecule has 1 aliphatic rings. The SMILES string of the molecule is CNCc1ccc(C2CCCC2)nc1Cl. The number of pyridine rings is 1. The van der Waals surface area contributed by atoms with Gasteiger partial charge in [0, 0.05) is 23.7 Å². The van der Waals surface area contributed by atoms with Crippen molar-refractivity contribution in [3.05, 3.63) is 28.5 Å². The third-order valence-electron chi connectivity index (χ3n) is 3.09. The molecule has 0 saturated heterocycles. The first kappa shape index (κ1) is 10.9. The Morgan fingerprint density at radius 2 is 2.13 bits per heavy atom. The summed E-state index contributed by atoms with van der Waals surface area (Å²) in [5, 5.41) is 3.75. The smallest absolute Gasteiger partial charge is 0.133 e. The second-order valence-electron chi connectivity index (χ2n) is 4.20. The van der Waals surface area contributed by atoms with E-state index in [4.69, 9.17) is 11.6 Å². The Kier molecular flexibility index (Phi) is 3.60. The van der Waals surface area contributed by atoms with E-state index in [0.717, 1.165) is 12.1 Å². The molecule has 0 aromatic carbocycles. The van der Waals surface area contributed by atoms with Gasteiger partial charge < -0.3 is 5.32 Å². The van der Waals surface area contributed by atoms with Crippen LogP contribution >= 0.6 is 11.6 Å². The van der Waals surface area contributed by atoms with E-state index in [0.29, 0.717) is 11.1 Å². The summed E-state index contributed by atoms with van der Waals surface area (Å²) in [6, 6.07) is 4.23. The Morgan fingerprint density at radius 1 is 1.40 bits per heavy atom. The summed E-state index contributed by atoms with van der Waals surface area (Å²) >= 11 is 6.14. The molecule has 2 nitrogen and oxygen atoms in total. The molecule has 0 spiro atoms. The van der Waals surface area contributed by atoms with Crippen LogP contribution < -0.4 is 5.32 Å². The van der Waals surface area contributed by atoms with Crippen molar-refractivity contribution in [1.82, 2.24) is 10.3 Å². The fraction of sp³-hybridized carbons (Fsp3) is 0.583. The molecule has 0 aliphatic heterocycles. The maximum Gasteiger partial charge on any atom is 0.133 e. The van der Waals surface area contributed by atoms with Crippen LogP contribution in [-0.4, -0.2) is 12.0 Å². The number of halogens is 1. The topological polar surface area (TPSA) is 24.9 Å². The lowest BCUT2D eigenvalue weighted by Gasteiger charge is -2.10. The van der Waals surface area contributed by atoms with E-state index in [1.54, 1.807) is 0 Å². The second-order valence-corrected chi connectivity index (χ2v) is 4.56. The van der Waals surface area contributed by atoms with Crippen LogP contribution in [0.4, 0.5) is 0 Å². The highest BCUT2D eigenvalue weighted by atomic mass is 35.5. The van der Waals surface area contributed by atoms with E-state index >= 15 is 0 Å². The average molecular weight is 225 g/mol. The number of aromatic nitrogens is 1. The molecule has 1 aromatic heterocycles. The quantitative estimate of drug-likeness (QED) is 0.799. The van der Waals surface area contributed by atoms with Gasteiger partial charge in [-0.15, -0.1) is 0 Å². The van der Waals surface area contributed by atoms with Gasteiger partial charge in [0.25, 0.3) is 0 Å². The lowest BCUT2D eigenvalue weighted by Crippen LogP contribution is -2.07. The molecule has 3 heteroatoms. The molecule has 1 fully saturated rings. The molecule has 0 unspecified atom stereocenters. The van der Waals surface area contributed by atoms with Crippen LogP contribution in [0.5, 0.6) is 0 Å². The molecule has 1 N–H and O–H groups in total. The van der Waals surface area contributed by atoms with Crippen molar-refractivity contribution in [2.24, 2.45) is 0 Å². The maximum absolute atomic E-state index is 6.14. The summed E-state index contributed by atoms with van der Waals surface area (Å²) in [5.41, 5.74) is 2.26. The molecular formula is C12H17ClN2. The first-order valence-corrected chi connectivity index (χ1v) is 5.99. The normalized spacial score (nSPS) is 17.2. The zero-order chi connectivity index (χ0) is 10.7. The highest BCUT2D eigenvalue weighted by molar-refractivity contribution is 6.30. The van der Waals surface area contributed by atoms with Crippen LogP contribution in [-0.2, 0) is 6.54 Å². The van der Waals surface area contributed by atoms with Crippen molar-refractivity contribution >= 4 is 11.6 Å². The Labute approximate surface area is 96.1 Å². The monoisotopic (exact) mass is 224 g/mol. The maximum atomic E-state index is 6.14. The van der Waals surface area contributed by atoms with Crippen molar-refractivity contribution in [3.63, 3.8) is 0 Å². The molecule has 1 aliphatic carbocycles. The van der Waals surface area contributed by atoms with Gasteiger partial charge in [-0.25, -0.2) is 4.98 Å². The molecular weight excluding hydrogens is 208 g/mol. The van der Waals surface area contributed by atoms with E-state index in [-0.39, 0.29) is 0 Å². The molecule has 2 rings (SSSR count). The Hall–Kier alpha value is -0.600. The summed E-state index contributed by atoms with van der Waals surface area (Å²) in [5.74, 6) is 0.645. The highest BCUT2D eigenvalue weighted by Gasteiger charge is 2.18. The summed E-state index contributed by atoms with van der Waals surface area (Å²) in [7, 11) is 1.92. The van der Waals surface area contributed by atoms with Crippen LogP contribution in [0.15, 0.2) is 12.1 Å². The molecule has 0 amide bonds. The summed E-state index contributed by atoms with van der Waals surface area (Å²) in [6.45, 7) is 0.788. The first-order valence-electron chi connectivity index (χ1n) is 5.61. The standard InChI is InChI=1S/C12H17ClN2/c1-14-8-10-6-7-11(15-12(10)13)9-4-2-3-5-9/h6-7,9,14H,2-5,8H2,1H3. The van der Waals surface area contributed by atoms with E-state index in [1.165, 1.54) is 31.4 Å². The molecule has 1 heterocycles. The lowest BCUT2D eigenvalue weighted by atomic mass is 10.0. The Balaban J connectivity index is 2.16. The molecule has 1 aromatic rings. The molecule has 0 atom stereocenters. The first-order chi connectivity index (χ1) is 7.31. The molecule has 0 bridgehead atoms. The van der Waals surface area contributed by atoms with E-state index in [1.807, 2.05) is 7.05 Å². The zero-order valence-corrected chi connectivity index (χ0v) is 9.85. The third kappa shape index (κ3) is 2.50. The number of nitrogens with zero attached hydrogens (tertiary/aromatic N) is 1. The van der Waals surface area contributed by atoms with Gasteiger partial charge in [0.15, 0.2) is 0 Å². The van der Waals surface area contributed by atoms with Gasteiger partial charge in [0.2, 0.25) is 0 Å². The fourth-order valence-corrected chi connectivity index (χ4v) is 2.48. The minimum Gasteiger partial charge on any atom is -0.316 e. The van der Waals surface area contributed by atoms with Gasteiger partial charge in [-0.3, -0.25) is 0 Å². The van der Waals surface area contributed by atoms with Crippen LogP contribution in [0.25, 0.3) is 0 Å². The molecule has 82 valence electrons. The van der Waals surface area contributed by atoms with Gasteiger partial charge >= 0.3 is 0 Å². The van der Waals surface area contributed by atoms with Crippen molar-refractivity contribution in [2.75, 3.05) is 7.05 Å². The molecule has 1 saturated carbocycles. The largest absolute Gasteiger partial charge is 0.316 e. The summed E-state index contributed by atoms with van der Waals surface area (Å²) < 4.78 is 0. The van der Waals surface area contributed by atoms with Crippen LogP contribution in [0.3, 0.4) is 0 Å². The fourth-order valence-electron chi connectivity index (χ4n) is 2.25. The zero-order valence-electron chi connectivity index (χ0n) is 9.09. The van der Waals surface area contributed by atoms with Crippen molar-refractivity contribution < 1.29 is 0 Å². The van der Waals surface area contributed by atoms with Gasteiger partial charge in [-0.05, 0) is 26.0 Å². The molecule has 0 radical (unpaired) electrons. The van der Waals surface area contributed by atoms with Crippen LogP contribution in [0.2, 0.25) is 5.15 Å². The minimum absolute atomic E-state index is 0.645. The number of nitrogens with one attached hydrogen (secondary N) is 1. The molecule has 15 heavy (non-hydrogen) atoms. The Bertz CT molecular complexity index is 332. The van der Waals surface area contributed by atoms with Crippen molar-refractivity contribution in [1.29, 1.82) is 0 Å².